The van der Waals surface area contributed by atoms with Gasteiger partial charge in [-0.2, -0.15) is 13.2 Å². The first kappa shape index (κ1) is 26.7. The second-order valence-corrected chi connectivity index (χ2v) is 10.1. The summed E-state index contributed by atoms with van der Waals surface area (Å²) in [5.74, 6) is 6.02. The van der Waals surface area contributed by atoms with E-state index in [0.717, 1.165) is 6.26 Å². The third-order valence-electron chi connectivity index (χ3n) is 4.64. The van der Waals surface area contributed by atoms with Gasteiger partial charge in [0.15, 0.2) is 22.3 Å². The third-order valence-corrected chi connectivity index (χ3v) is 6.33. The number of benzene rings is 1. The fraction of sp³-hybridized carbons (Fsp3) is 0.318. The minimum absolute atomic E-state index is 0.0342. The number of pyridine rings is 1. The molecule has 8 nitrogen and oxygen atoms in total. The fourth-order valence-electron chi connectivity index (χ4n) is 3.11. The molecule has 0 bridgehead atoms. The second-order valence-electron chi connectivity index (χ2n) is 7.26. The number of nitrogens with one attached hydrogen (secondary N) is 1. The molecule has 1 N–H and O–H groups in total. The summed E-state index contributed by atoms with van der Waals surface area (Å²) in [5.41, 5.74) is 0.554. The number of halogens is 4. The number of nitrogens with zero attached hydrogens (tertiary/aromatic N) is 2. The maximum absolute atomic E-state index is 13.3. The van der Waals surface area contributed by atoms with E-state index >= 15 is 0 Å². The van der Waals surface area contributed by atoms with E-state index in [9.17, 15) is 21.6 Å². The Morgan fingerprint density at radius 2 is 1.97 bits per heavy atom. The molecule has 0 fully saturated rings. The molecule has 2 heterocycles. The van der Waals surface area contributed by atoms with E-state index in [2.05, 4.69) is 38.1 Å². The van der Waals surface area contributed by atoms with Crippen LogP contribution in [0.15, 0.2) is 39.8 Å². The molecule has 0 aliphatic carbocycles. The van der Waals surface area contributed by atoms with Gasteiger partial charge in [0.25, 0.3) is 0 Å². The highest BCUT2D eigenvalue weighted by atomic mass is 79.9. The summed E-state index contributed by atoms with van der Waals surface area (Å²) in [4.78, 5) is 4.36. The molecule has 0 saturated carbocycles. The first-order valence-electron chi connectivity index (χ1n) is 9.92. The average molecular weight is 576 g/mol. The van der Waals surface area contributed by atoms with Gasteiger partial charge in [0.1, 0.15) is 17.2 Å². The van der Waals surface area contributed by atoms with Crippen LogP contribution in [0.3, 0.4) is 0 Å². The van der Waals surface area contributed by atoms with Crippen LogP contribution in [0.4, 0.5) is 18.9 Å². The van der Waals surface area contributed by atoms with E-state index in [4.69, 9.17) is 14.2 Å². The van der Waals surface area contributed by atoms with Crippen LogP contribution in [-0.4, -0.2) is 57.8 Å². The van der Waals surface area contributed by atoms with E-state index in [1.165, 1.54) is 43.0 Å². The number of aromatic nitrogens is 2. The Hall–Kier alpha value is -2.95. The number of fused-ring (bicyclic) bond motifs is 1. The molecule has 0 aliphatic rings. The van der Waals surface area contributed by atoms with Crippen molar-refractivity contribution in [1.82, 2.24) is 9.38 Å². The Morgan fingerprint density at radius 3 is 2.60 bits per heavy atom. The fourth-order valence-corrected chi connectivity index (χ4v) is 4.25. The van der Waals surface area contributed by atoms with Gasteiger partial charge in [-0.15, -0.1) is 0 Å². The zero-order valence-corrected chi connectivity index (χ0v) is 21.3. The smallest absolute Gasteiger partial charge is 0.394 e. The summed E-state index contributed by atoms with van der Waals surface area (Å²) in [6.07, 6.45) is -3.26. The SMILES string of the molecule is COCOc1cc(Br)c2nc(C#CCNc3ccc(S(C)(=O)=O)cc3OC)c(CC(F)(F)F)n2c1. The lowest BCUT2D eigenvalue weighted by molar-refractivity contribution is -0.128. The largest absolute Gasteiger partial charge is 0.495 e. The Bertz CT molecular complexity index is 1400. The number of rotatable bonds is 8. The summed E-state index contributed by atoms with van der Waals surface area (Å²) in [6.45, 7) is -0.0362. The molecule has 0 radical (unpaired) electrons. The molecule has 188 valence electrons. The lowest BCUT2D eigenvalue weighted by Crippen LogP contribution is -2.14. The summed E-state index contributed by atoms with van der Waals surface area (Å²) in [6, 6.07) is 5.88. The Morgan fingerprint density at radius 1 is 1.23 bits per heavy atom. The second kappa shape index (κ2) is 10.8. The Balaban J connectivity index is 1.91. The van der Waals surface area contributed by atoms with Gasteiger partial charge in [0, 0.05) is 19.4 Å². The minimum Gasteiger partial charge on any atom is -0.495 e. The number of imidazole rings is 1. The van der Waals surface area contributed by atoms with E-state index in [-0.39, 0.29) is 46.8 Å². The Kier molecular flexibility index (Phi) is 8.19. The molecule has 0 saturated heterocycles. The van der Waals surface area contributed by atoms with Crippen LogP contribution in [0.25, 0.3) is 5.65 Å². The molecule has 13 heteroatoms. The topological polar surface area (TPSA) is 91.2 Å². The summed E-state index contributed by atoms with van der Waals surface area (Å²) < 4.78 is 80.5. The average Bonchev–Trinajstić information content (AvgIpc) is 3.11. The van der Waals surface area contributed by atoms with E-state index in [1.807, 2.05) is 0 Å². The van der Waals surface area contributed by atoms with Crippen molar-refractivity contribution in [2.45, 2.75) is 17.5 Å². The van der Waals surface area contributed by atoms with Crippen LogP contribution in [-0.2, 0) is 21.0 Å². The maximum Gasteiger partial charge on any atom is 0.394 e. The van der Waals surface area contributed by atoms with Gasteiger partial charge in [-0.1, -0.05) is 5.92 Å². The van der Waals surface area contributed by atoms with Gasteiger partial charge in [-0.3, -0.25) is 4.40 Å². The molecule has 0 spiro atoms. The predicted molar refractivity (Wildman–Crippen MR) is 127 cm³/mol. The van der Waals surface area contributed by atoms with Gasteiger partial charge < -0.3 is 19.5 Å². The predicted octanol–water partition coefficient (Wildman–Crippen LogP) is 4.06. The first-order chi connectivity index (χ1) is 16.4. The molecule has 3 rings (SSSR count). The molecule has 3 aromatic rings. The standard InChI is InChI=1S/C22H21BrF3N3O5S/c1-32-13-34-14-9-16(23)21-28-17(19(29(21)12-14)11-22(24,25)26)5-4-8-27-18-7-6-15(35(3,30)31)10-20(18)33-2/h6-7,9-10,12,27H,8,11,13H2,1-3H3. The lowest BCUT2D eigenvalue weighted by atomic mass is 10.2. The highest BCUT2D eigenvalue weighted by molar-refractivity contribution is 9.10. The van der Waals surface area contributed by atoms with Crippen molar-refractivity contribution in [3.8, 4) is 23.3 Å². The quantitative estimate of drug-likeness (QED) is 0.320. The van der Waals surface area contributed by atoms with Crippen molar-refractivity contribution in [1.29, 1.82) is 0 Å². The molecular formula is C22H21BrF3N3O5S. The van der Waals surface area contributed by atoms with Crippen LogP contribution in [0, 0.1) is 11.8 Å². The molecule has 1 aromatic carbocycles. The highest BCUT2D eigenvalue weighted by Gasteiger charge is 2.31. The van der Waals surface area contributed by atoms with Crippen LogP contribution in [0.1, 0.15) is 11.4 Å². The number of alkyl halides is 3. The van der Waals surface area contributed by atoms with E-state index < -0.39 is 22.4 Å². The molecule has 0 aliphatic heterocycles. The van der Waals surface area contributed by atoms with Gasteiger partial charge in [-0.05, 0) is 40.0 Å². The number of hydrogen-bond donors (Lipinski definition) is 1. The number of anilines is 1. The number of methoxy groups -OCH3 is 2. The monoisotopic (exact) mass is 575 g/mol. The molecule has 0 atom stereocenters. The Labute approximate surface area is 208 Å². The van der Waals surface area contributed by atoms with Gasteiger partial charge in [0.2, 0.25) is 0 Å². The van der Waals surface area contributed by atoms with Crippen LogP contribution < -0.4 is 14.8 Å². The van der Waals surface area contributed by atoms with Crippen molar-refractivity contribution < 1.29 is 35.8 Å². The first-order valence-corrected chi connectivity index (χ1v) is 12.6. The number of hydrogen-bond acceptors (Lipinski definition) is 7. The van der Waals surface area contributed by atoms with E-state index in [1.54, 1.807) is 6.07 Å². The normalized spacial score (nSPS) is 11.7. The van der Waals surface area contributed by atoms with Crippen LogP contribution in [0.2, 0.25) is 0 Å². The number of sulfone groups is 1. The van der Waals surface area contributed by atoms with Gasteiger partial charge in [0.05, 0.1) is 47.0 Å². The molecular weight excluding hydrogens is 555 g/mol. The van der Waals surface area contributed by atoms with E-state index in [0.29, 0.717) is 10.2 Å². The minimum atomic E-state index is -4.49. The highest BCUT2D eigenvalue weighted by Crippen LogP contribution is 2.30. The van der Waals surface area contributed by atoms with Crippen molar-refractivity contribution in [2.24, 2.45) is 0 Å². The maximum atomic E-state index is 13.3. The van der Waals surface area contributed by atoms with Crippen molar-refractivity contribution in [3.63, 3.8) is 0 Å². The van der Waals surface area contributed by atoms with Crippen LogP contribution >= 0.6 is 15.9 Å². The summed E-state index contributed by atoms with van der Waals surface area (Å²) in [5, 5.41) is 2.96. The molecule has 0 unspecified atom stereocenters. The lowest BCUT2D eigenvalue weighted by Gasteiger charge is -2.10. The summed E-state index contributed by atoms with van der Waals surface area (Å²) >= 11 is 3.31. The van der Waals surface area contributed by atoms with Crippen LogP contribution in [0.5, 0.6) is 11.5 Å². The van der Waals surface area contributed by atoms with Crippen molar-refractivity contribution in [3.05, 3.63) is 46.3 Å². The zero-order valence-electron chi connectivity index (χ0n) is 18.9. The van der Waals surface area contributed by atoms with Crippen molar-refractivity contribution >= 4 is 37.1 Å². The number of ether oxygens (including phenoxy) is 3. The van der Waals surface area contributed by atoms with Gasteiger partial charge >= 0.3 is 6.18 Å². The van der Waals surface area contributed by atoms with Gasteiger partial charge in [-0.25, -0.2) is 13.4 Å². The zero-order chi connectivity index (χ0) is 25.8. The molecule has 2 aromatic heterocycles. The summed E-state index contributed by atoms with van der Waals surface area (Å²) in [7, 11) is -0.598. The molecule has 35 heavy (non-hydrogen) atoms. The van der Waals surface area contributed by atoms with Crippen molar-refractivity contribution in [2.75, 3.05) is 39.1 Å². The third kappa shape index (κ3) is 6.81. The molecule has 0 amide bonds.